The fraction of sp³-hybridized carbons (Fsp3) is 0.333. The first-order valence-corrected chi connectivity index (χ1v) is 7.11. The molecule has 1 rings (SSSR count). The van der Waals surface area contributed by atoms with E-state index in [2.05, 4.69) is 4.72 Å². The SMILES string of the molecule is NCCCS(=O)(=O)Nc1c(Cl)cc(F)cc1Cl. The minimum Gasteiger partial charge on any atom is -0.330 e. The maximum absolute atomic E-state index is 12.9. The van der Waals surface area contributed by atoms with Gasteiger partial charge in [-0.25, -0.2) is 12.8 Å². The molecule has 0 fully saturated rings. The van der Waals surface area contributed by atoms with Gasteiger partial charge in [0.15, 0.2) is 0 Å². The van der Waals surface area contributed by atoms with Crippen LogP contribution in [0, 0.1) is 5.82 Å². The quantitative estimate of drug-likeness (QED) is 0.876. The third-order valence-corrected chi connectivity index (χ3v) is 3.82. The molecule has 4 nitrogen and oxygen atoms in total. The maximum Gasteiger partial charge on any atom is 0.232 e. The molecule has 0 spiro atoms. The lowest BCUT2D eigenvalue weighted by Crippen LogP contribution is -2.19. The molecule has 0 saturated heterocycles. The van der Waals surface area contributed by atoms with Crippen molar-refractivity contribution in [1.29, 1.82) is 0 Å². The Morgan fingerprint density at radius 2 is 1.82 bits per heavy atom. The van der Waals surface area contributed by atoms with E-state index in [1.807, 2.05) is 0 Å². The van der Waals surface area contributed by atoms with E-state index in [4.69, 9.17) is 28.9 Å². The van der Waals surface area contributed by atoms with Gasteiger partial charge in [0.25, 0.3) is 0 Å². The molecule has 0 bridgehead atoms. The number of hydrogen-bond acceptors (Lipinski definition) is 3. The van der Waals surface area contributed by atoms with E-state index in [-0.39, 0.29) is 28.0 Å². The Hall–Kier alpha value is -0.560. The van der Waals surface area contributed by atoms with Crippen LogP contribution < -0.4 is 10.5 Å². The second kappa shape index (κ2) is 5.86. The minimum absolute atomic E-state index is 0.0215. The van der Waals surface area contributed by atoms with E-state index in [1.165, 1.54) is 0 Å². The second-order valence-corrected chi connectivity index (χ2v) is 5.96. The number of nitrogens with one attached hydrogen (secondary N) is 1. The highest BCUT2D eigenvalue weighted by atomic mass is 35.5. The molecule has 1 aromatic rings. The fourth-order valence-corrected chi connectivity index (χ4v) is 2.97. The number of sulfonamides is 1. The van der Waals surface area contributed by atoms with E-state index in [9.17, 15) is 12.8 Å². The number of nitrogens with two attached hydrogens (primary N) is 1. The third kappa shape index (κ3) is 4.31. The molecule has 0 aliphatic heterocycles. The van der Waals surface area contributed by atoms with Crippen molar-refractivity contribution < 1.29 is 12.8 Å². The van der Waals surface area contributed by atoms with Gasteiger partial charge in [0.2, 0.25) is 10.0 Å². The summed E-state index contributed by atoms with van der Waals surface area (Å²) in [6.07, 6.45) is 0.311. The Morgan fingerprint density at radius 3 is 2.29 bits per heavy atom. The molecule has 96 valence electrons. The number of halogens is 3. The van der Waals surface area contributed by atoms with Gasteiger partial charge in [-0.3, -0.25) is 4.72 Å². The molecular formula is C9H11Cl2FN2O2S. The molecule has 3 N–H and O–H groups in total. The summed E-state index contributed by atoms with van der Waals surface area (Å²) < 4.78 is 38.2. The third-order valence-electron chi connectivity index (χ3n) is 1.88. The summed E-state index contributed by atoms with van der Waals surface area (Å²) >= 11 is 11.4. The van der Waals surface area contributed by atoms with Crippen LogP contribution in [0.5, 0.6) is 0 Å². The van der Waals surface area contributed by atoms with Crippen LogP contribution in [0.25, 0.3) is 0 Å². The molecule has 8 heteroatoms. The van der Waals surface area contributed by atoms with Crippen LogP contribution >= 0.6 is 23.2 Å². The smallest absolute Gasteiger partial charge is 0.232 e. The summed E-state index contributed by atoms with van der Waals surface area (Å²) in [6.45, 7) is 0.256. The highest BCUT2D eigenvalue weighted by Gasteiger charge is 2.15. The lowest BCUT2D eigenvalue weighted by Gasteiger charge is -2.10. The van der Waals surface area contributed by atoms with Gasteiger partial charge in [-0.15, -0.1) is 0 Å². The first-order valence-electron chi connectivity index (χ1n) is 4.71. The van der Waals surface area contributed by atoms with Gasteiger partial charge in [-0.05, 0) is 25.1 Å². The molecular weight excluding hydrogens is 290 g/mol. The molecule has 0 aromatic heterocycles. The van der Waals surface area contributed by atoms with E-state index < -0.39 is 15.8 Å². The van der Waals surface area contributed by atoms with Crippen molar-refractivity contribution in [2.45, 2.75) is 6.42 Å². The van der Waals surface area contributed by atoms with Gasteiger partial charge in [0, 0.05) is 0 Å². The van der Waals surface area contributed by atoms with E-state index in [0.29, 0.717) is 6.42 Å². The molecule has 0 saturated carbocycles. The van der Waals surface area contributed by atoms with Crippen LogP contribution in [0.4, 0.5) is 10.1 Å². The average Bonchev–Trinajstić information content (AvgIpc) is 2.21. The Labute approximate surface area is 109 Å². The molecule has 0 heterocycles. The van der Waals surface area contributed by atoms with Crippen molar-refractivity contribution in [3.05, 3.63) is 28.0 Å². The van der Waals surface area contributed by atoms with Gasteiger partial charge in [-0.1, -0.05) is 23.2 Å². The van der Waals surface area contributed by atoms with E-state index in [1.54, 1.807) is 0 Å². The zero-order valence-electron chi connectivity index (χ0n) is 8.71. The molecule has 0 amide bonds. The lowest BCUT2D eigenvalue weighted by atomic mass is 10.3. The average molecular weight is 301 g/mol. The van der Waals surface area contributed by atoms with Crippen molar-refractivity contribution in [2.75, 3.05) is 17.0 Å². The summed E-state index contributed by atoms with van der Waals surface area (Å²) in [4.78, 5) is 0. The number of rotatable bonds is 5. The maximum atomic E-state index is 12.9. The second-order valence-electron chi connectivity index (χ2n) is 3.31. The highest BCUT2D eigenvalue weighted by molar-refractivity contribution is 7.92. The first-order chi connectivity index (χ1) is 7.85. The molecule has 0 aliphatic carbocycles. The van der Waals surface area contributed by atoms with Crippen LogP contribution in [-0.4, -0.2) is 20.7 Å². The molecule has 1 aromatic carbocycles. The first kappa shape index (κ1) is 14.5. The standard InChI is InChI=1S/C9H11Cl2FN2O2S/c10-7-4-6(12)5-8(11)9(7)14-17(15,16)3-1-2-13/h4-5,14H,1-3,13H2. The Kier molecular flexibility index (Phi) is 5.00. The van der Waals surface area contributed by atoms with Gasteiger partial charge >= 0.3 is 0 Å². The summed E-state index contributed by atoms with van der Waals surface area (Å²) in [5, 5.41) is -0.183. The molecule has 0 aliphatic rings. The van der Waals surface area contributed by atoms with Crippen molar-refractivity contribution >= 4 is 38.9 Å². The van der Waals surface area contributed by atoms with Crippen LogP contribution in [0.1, 0.15) is 6.42 Å². The molecule has 0 radical (unpaired) electrons. The summed E-state index contributed by atoms with van der Waals surface area (Å²) in [5.74, 6) is -0.780. The number of benzene rings is 1. The van der Waals surface area contributed by atoms with Crippen molar-refractivity contribution in [1.82, 2.24) is 0 Å². The predicted molar refractivity (Wildman–Crippen MR) is 67.5 cm³/mol. The van der Waals surface area contributed by atoms with Crippen LogP contribution in [-0.2, 0) is 10.0 Å². The lowest BCUT2D eigenvalue weighted by molar-refractivity contribution is 0.598. The Bertz CT molecular complexity index is 485. The monoisotopic (exact) mass is 300 g/mol. The summed E-state index contributed by atoms with van der Waals surface area (Å²) in [6, 6.07) is 1.96. The van der Waals surface area contributed by atoms with Crippen molar-refractivity contribution in [3.63, 3.8) is 0 Å². The Morgan fingerprint density at radius 1 is 1.29 bits per heavy atom. The topological polar surface area (TPSA) is 72.2 Å². The largest absolute Gasteiger partial charge is 0.330 e. The highest BCUT2D eigenvalue weighted by Crippen LogP contribution is 2.32. The van der Waals surface area contributed by atoms with Gasteiger partial charge in [0.05, 0.1) is 21.5 Å². The van der Waals surface area contributed by atoms with E-state index >= 15 is 0 Å². The zero-order chi connectivity index (χ0) is 13.1. The number of hydrogen-bond donors (Lipinski definition) is 2. The normalized spacial score (nSPS) is 11.5. The molecule has 0 atom stereocenters. The van der Waals surface area contributed by atoms with Crippen molar-refractivity contribution in [3.8, 4) is 0 Å². The molecule has 0 unspecified atom stereocenters. The fourth-order valence-electron chi connectivity index (χ4n) is 1.12. The Balaban J connectivity index is 2.96. The van der Waals surface area contributed by atoms with Crippen LogP contribution in [0.2, 0.25) is 10.0 Å². The van der Waals surface area contributed by atoms with Crippen molar-refractivity contribution in [2.24, 2.45) is 5.73 Å². The summed E-state index contributed by atoms with van der Waals surface area (Å²) in [5.41, 5.74) is 5.19. The number of anilines is 1. The zero-order valence-corrected chi connectivity index (χ0v) is 11.0. The van der Waals surface area contributed by atoms with Crippen LogP contribution in [0.15, 0.2) is 12.1 Å². The van der Waals surface area contributed by atoms with Gasteiger partial charge < -0.3 is 5.73 Å². The molecule has 17 heavy (non-hydrogen) atoms. The summed E-state index contributed by atoms with van der Waals surface area (Å²) in [7, 11) is -3.58. The van der Waals surface area contributed by atoms with Gasteiger partial charge in [0.1, 0.15) is 5.82 Å². The van der Waals surface area contributed by atoms with Crippen LogP contribution in [0.3, 0.4) is 0 Å². The van der Waals surface area contributed by atoms with E-state index in [0.717, 1.165) is 12.1 Å². The predicted octanol–water partition coefficient (Wildman–Crippen LogP) is 2.22. The minimum atomic E-state index is -3.58. The van der Waals surface area contributed by atoms with Gasteiger partial charge in [-0.2, -0.15) is 0 Å².